The lowest BCUT2D eigenvalue weighted by Crippen LogP contribution is -2.39. The van der Waals surface area contributed by atoms with Crippen LogP contribution < -0.4 is 5.32 Å². The SMILES string of the molecule is Cc1cccc(Cl)c1S(=O)(=O)N1CCC(n2ncc3c2CNC3)CC1. The lowest BCUT2D eigenvalue weighted by molar-refractivity contribution is 0.257. The summed E-state index contributed by atoms with van der Waals surface area (Å²) < 4.78 is 29.7. The zero-order valence-corrected chi connectivity index (χ0v) is 15.6. The van der Waals surface area contributed by atoms with Gasteiger partial charge in [-0.1, -0.05) is 23.7 Å². The van der Waals surface area contributed by atoms with Gasteiger partial charge in [0.05, 0.1) is 23.0 Å². The normalized spacial score (nSPS) is 19.3. The van der Waals surface area contributed by atoms with E-state index in [0.29, 0.717) is 18.7 Å². The van der Waals surface area contributed by atoms with Gasteiger partial charge in [0.25, 0.3) is 0 Å². The maximum Gasteiger partial charge on any atom is 0.244 e. The lowest BCUT2D eigenvalue weighted by atomic mass is 10.1. The Balaban J connectivity index is 1.53. The number of halogens is 1. The van der Waals surface area contributed by atoms with Crippen molar-refractivity contribution in [3.63, 3.8) is 0 Å². The molecule has 0 amide bonds. The van der Waals surface area contributed by atoms with Crippen LogP contribution in [0.5, 0.6) is 0 Å². The van der Waals surface area contributed by atoms with Crippen molar-refractivity contribution in [1.29, 1.82) is 0 Å². The fraction of sp³-hybridized carbons (Fsp3) is 0.471. The van der Waals surface area contributed by atoms with Gasteiger partial charge >= 0.3 is 0 Å². The predicted molar refractivity (Wildman–Crippen MR) is 96.0 cm³/mol. The Morgan fingerprint density at radius 1 is 1.24 bits per heavy atom. The van der Waals surface area contributed by atoms with E-state index in [9.17, 15) is 8.42 Å². The summed E-state index contributed by atoms with van der Waals surface area (Å²) in [4.78, 5) is 0.235. The number of fused-ring (bicyclic) bond motifs is 1. The number of rotatable bonds is 3. The van der Waals surface area contributed by atoms with Crippen LogP contribution in [0, 0.1) is 6.92 Å². The van der Waals surface area contributed by atoms with Crippen molar-refractivity contribution in [2.45, 2.75) is 43.8 Å². The van der Waals surface area contributed by atoms with Crippen molar-refractivity contribution in [3.05, 3.63) is 46.2 Å². The van der Waals surface area contributed by atoms with Crippen molar-refractivity contribution in [2.75, 3.05) is 13.1 Å². The number of piperidine rings is 1. The Kier molecular flexibility index (Phi) is 4.35. The van der Waals surface area contributed by atoms with Crippen LogP contribution in [-0.2, 0) is 23.1 Å². The zero-order valence-electron chi connectivity index (χ0n) is 14.1. The van der Waals surface area contributed by atoms with Gasteiger partial charge in [-0.3, -0.25) is 4.68 Å². The fourth-order valence-electron chi connectivity index (χ4n) is 3.80. The van der Waals surface area contributed by atoms with Gasteiger partial charge in [-0.25, -0.2) is 8.42 Å². The van der Waals surface area contributed by atoms with E-state index in [0.717, 1.165) is 25.9 Å². The van der Waals surface area contributed by atoms with Gasteiger partial charge in [0.15, 0.2) is 0 Å². The number of nitrogens with one attached hydrogen (secondary N) is 1. The highest BCUT2D eigenvalue weighted by atomic mass is 35.5. The molecule has 4 rings (SSSR count). The summed E-state index contributed by atoms with van der Waals surface area (Å²) in [5.41, 5.74) is 3.18. The van der Waals surface area contributed by atoms with Crippen molar-refractivity contribution in [3.8, 4) is 0 Å². The summed E-state index contributed by atoms with van der Waals surface area (Å²) in [7, 11) is -3.57. The van der Waals surface area contributed by atoms with E-state index < -0.39 is 10.0 Å². The third-order valence-corrected chi connectivity index (χ3v) is 7.65. The highest BCUT2D eigenvalue weighted by molar-refractivity contribution is 7.89. The second-order valence-electron chi connectivity index (χ2n) is 6.69. The topological polar surface area (TPSA) is 67.2 Å². The average molecular weight is 381 g/mol. The van der Waals surface area contributed by atoms with E-state index in [-0.39, 0.29) is 16.0 Å². The largest absolute Gasteiger partial charge is 0.307 e. The molecule has 1 N–H and O–H groups in total. The van der Waals surface area contributed by atoms with Crippen LogP contribution in [0.3, 0.4) is 0 Å². The van der Waals surface area contributed by atoms with Crippen LogP contribution in [0.1, 0.15) is 35.7 Å². The summed E-state index contributed by atoms with van der Waals surface area (Å²) in [5, 5.41) is 8.14. The smallest absolute Gasteiger partial charge is 0.244 e. The third kappa shape index (κ3) is 2.89. The molecular weight excluding hydrogens is 360 g/mol. The van der Waals surface area contributed by atoms with Crippen LogP contribution in [-0.4, -0.2) is 35.6 Å². The van der Waals surface area contributed by atoms with Gasteiger partial charge in [0.1, 0.15) is 4.90 Å². The number of aromatic nitrogens is 2. The molecule has 6 nitrogen and oxygen atoms in total. The number of hydrogen-bond acceptors (Lipinski definition) is 4. The second kappa shape index (κ2) is 6.39. The fourth-order valence-corrected chi connectivity index (χ4v) is 6.05. The molecule has 0 unspecified atom stereocenters. The lowest BCUT2D eigenvalue weighted by Gasteiger charge is -2.32. The number of nitrogens with zero attached hydrogens (tertiary/aromatic N) is 3. The Bertz CT molecular complexity index is 881. The molecule has 0 radical (unpaired) electrons. The summed E-state index contributed by atoms with van der Waals surface area (Å²) >= 11 is 6.18. The number of hydrogen-bond donors (Lipinski definition) is 1. The first-order chi connectivity index (χ1) is 12.0. The Labute approximate surface area is 152 Å². The van der Waals surface area contributed by atoms with Crippen molar-refractivity contribution in [1.82, 2.24) is 19.4 Å². The van der Waals surface area contributed by atoms with Gasteiger partial charge < -0.3 is 5.32 Å². The van der Waals surface area contributed by atoms with Crippen LogP contribution in [0.25, 0.3) is 0 Å². The minimum Gasteiger partial charge on any atom is -0.307 e. The quantitative estimate of drug-likeness (QED) is 0.888. The maximum absolute atomic E-state index is 13.0. The first-order valence-corrected chi connectivity index (χ1v) is 10.3. The molecule has 0 bridgehead atoms. The molecule has 0 spiro atoms. The molecule has 134 valence electrons. The molecule has 1 aromatic heterocycles. The Morgan fingerprint density at radius 3 is 2.72 bits per heavy atom. The van der Waals surface area contributed by atoms with Crippen LogP contribution in [0.4, 0.5) is 0 Å². The maximum atomic E-state index is 13.0. The highest BCUT2D eigenvalue weighted by Crippen LogP contribution is 2.32. The Morgan fingerprint density at radius 2 is 2.00 bits per heavy atom. The molecule has 2 aromatic rings. The van der Waals surface area contributed by atoms with E-state index in [1.54, 1.807) is 29.4 Å². The highest BCUT2D eigenvalue weighted by Gasteiger charge is 2.33. The second-order valence-corrected chi connectivity index (χ2v) is 8.97. The molecule has 0 atom stereocenters. The molecule has 0 saturated carbocycles. The van der Waals surface area contributed by atoms with Crippen molar-refractivity contribution < 1.29 is 8.42 Å². The molecule has 2 aliphatic rings. The molecule has 1 fully saturated rings. The third-order valence-electron chi connectivity index (χ3n) is 5.12. The van der Waals surface area contributed by atoms with Crippen LogP contribution in [0.2, 0.25) is 5.02 Å². The molecule has 1 aromatic carbocycles. The van der Waals surface area contributed by atoms with E-state index >= 15 is 0 Å². The van der Waals surface area contributed by atoms with Gasteiger partial charge in [0, 0.05) is 31.7 Å². The number of aryl methyl sites for hydroxylation is 1. The molecule has 1 saturated heterocycles. The molecule has 25 heavy (non-hydrogen) atoms. The van der Waals surface area contributed by atoms with Gasteiger partial charge in [-0.05, 0) is 31.4 Å². The number of sulfonamides is 1. The van der Waals surface area contributed by atoms with E-state index in [4.69, 9.17) is 11.6 Å². The minimum absolute atomic E-state index is 0.235. The summed E-state index contributed by atoms with van der Waals surface area (Å²) in [6, 6.07) is 5.44. The molecule has 0 aliphatic carbocycles. The monoisotopic (exact) mass is 380 g/mol. The average Bonchev–Trinajstić information content (AvgIpc) is 3.18. The molecule has 3 heterocycles. The molecular formula is C17H21ClN4O2S. The Hall–Kier alpha value is -1.41. The summed E-state index contributed by atoms with van der Waals surface area (Å²) in [6.07, 6.45) is 3.44. The zero-order chi connectivity index (χ0) is 17.6. The van der Waals surface area contributed by atoms with E-state index in [1.807, 2.05) is 6.20 Å². The minimum atomic E-state index is -3.57. The first-order valence-electron chi connectivity index (χ1n) is 8.49. The van der Waals surface area contributed by atoms with Crippen LogP contribution >= 0.6 is 11.6 Å². The standard InChI is InChI=1S/C17H21ClN4O2S/c1-12-3-2-4-15(18)17(12)25(23,24)21-7-5-14(6-8-21)22-16-11-19-9-13(16)10-20-22/h2-4,10,14,19H,5-9,11H2,1H3. The van der Waals surface area contributed by atoms with Crippen molar-refractivity contribution in [2.24, 2.45) is 0 Å². The van der Waals surface area contributed by atoms with Gasteiger partial charge in [0.2, 0.25) is 10.0 Å². The van der Waals surface area contributed by atoms with Crippen LogP contribution in [0.15, 0.2) is 29.3 Å². The predicted octanol–water partition coefficient (Wildman–Crippen LogP) is 2.47. The van der Waals surface area contributed by atoms with Gasteiger partial charge in [-0.15, -0.1) is 0 Å². The van der Waals surface area contributed by atoms with Gasteiger partial charge in [-0.2, -0.15) is 9.40 Å². The summed E-state index contributed by atoms with van der Waals surface area (Å²) in [5.74, 6) is 0. The molecule has 8 heteroatoms. The summed E-state index contributed by atoms with van der Waals surface area (Å²) in [6.45, 7) is 4.46. The van der Waals surface area contributed by atoms with E-state index in [2.05, 4.69) is 15.1 Å². The van der Waals surface area contributed by atoms with E-state index in [1.165, 1.54) is 11.3 Å². The molecule has 2 aliphatic heterocycles. The first kappa shape index (κ1) is 17.0. The van der Waals surface area contributed by atoms with Crippen molar-refractivity contribution >= 4 is 21.6 Å². The number of benzene rings is 1.